The van der Waals surface area contributed by atoms with Gasteiger partial charge in [0.05, 0.1) is 22.8 Å². The standard InChI is InChI=1S/C14H17N3OS/c15-14(18)11-6-3-4-8-17(11)9-13-16-10-5-1-2-7-12(10)19-13/h1-2,5,7,11H,3-4,6,8-9H2,(H2,15,18). The van der Waals surface area contributed by atoms with Crippen LogP contribution in [0.4, 0.5) is 0 Å². The number of thiazole rings is 1. The van der Waals surface area contributed by atoms with Gasteiger partial charge in [0.2, 0.25) is 5.91 Å². The number of nitrogens with zero attached hydrogens (tertiary/aromatic N) is 2. The lowest BCUT2D eigenvalue weighted by Gasteiger charge is -2.32. The zero-order valence-electron chi connectivity index (χ0n) is 10.7. The first-order valence-corrected chi connectivity index (χ1v) is 7.43. The van der Waals surface area contributed by atoms with Crippen molar-refractivity contribution < 1.29 is 4.79 Å². The molecule has 0 spiro atoms. The fraction of sp³-hybridized carbons (Fsp3) is 0.429. The van der Waals surface area contributed by atoms with E-state index in [9.17, 15) is 4.79 Å². The number of carbonyl (C=O) groups is 1. The molecule has 1 saturated heterocycles. The molecule has 3 rings (SSSR count). The molecule has 0 saturated carbocycles. The van der Waals surface area contributed by atoms with Gasteiger partial charge in [0.15, 0.2) is 0 Å². The second kappa shape index (κ2) is 5.27. The average molecular weight is 275 g/mol. The maximum absolute atomic E-state index is 11.5. The Bertz CT molecular complexity index is 562. The Morgan fingerprint density at radius 3 is 3.05 bits per heavy atom. The molecule has 4 nitrogen and oxygen atoms in total. The van der Waals surface area contributed by atoms with Gasteiger partial charge in [0, 0.05) is 0 Å². The maximum Gasteiger partial charge on any atom is 0.234 e. The van der Waals surface area contributed by atoms with Crippen LogP contribution in [0.3, 0.4) is 0 Å². The molecule has 0 radical (unpaired) electrons. The lowest BCUT2D eigenvalue weighted by Crippen LogP contribution is -2.47. The summed E-state index contributed by atoms with van der Waals surface area (Å²) < 4.78 is 1.20. The lowest BCUT2D eigenvalue weighted by molar-refractivity contribution is -0.124. The molecule has 100 valence electrons. The molecule has 1 fully saturated rings. The van der Waals surface area contributed by atoms with Crippen molar-refractivity contribution >= 4 is 27.5 Å². The summed E-state index contributed by atoms with van der Waals surface area (Å²) in [5, 5.41) is 1.06. The number of nitrogens with two attached hydrogens (primary N) is 1. The number of aromatic nitrogens is 1. The Labute approximate surface area is 116 Å². The van der Waals surface area contributed by atoms with E-state index in [1.54, 1.807) is 11.3 Å². The minimum absolute atomic E-state index is 0.124. The van der Waals surface area contributed by atoms with E-state index in [1.807, 2.05) is 18.2 Å². The van der Waals surface area contributed by atoms with Crippen molar-refractivity contribution in [2.75, 3.05) is 6.54 Å². The minimum atomic E-state index is -0.208. The number of rotatable bonds is 3. The van der Waals surface area contributed by atoms with E-state index < -0.39 is 0 Å². The molecule has 1 aliphatic heterocycles. The van der Waals surface area contributed by atoms with Gasteiger partial charge in [-0.2, -0.15) is 0 Å². The highest BCUT2D eigenvalue weighted by Crippen LogP contribution is 2.25. The van der Waals surface area contributed by atoms with Crippen molar-refractivity contribution in [2.45, 2.75) is 31.8 Å². The first-order valence-electron chi connectivity index (χ1n) is 6.62. The van der Waals surface area contributed by atoms with E-state index in [0.29, 0.717) is 0 Å². The first-order chi connectivity index (χ1) is 9.24. The van der Waals surface area contributed by atoms with Crippen LogP contribution in [0.25, 0.3) is 10.2 Å². The lowest BCUT2D eigenvalue weighted by atomic mass is 10.0. The third kappa shape index (κ3) is 2.62. The number of benzene rings is 1. The van der Waals surface area contributed by atoms with E-state index in [2.05, 4.69) is 16.0 Å². The van der Waals surface area contributed by atoms with Gasteiger partial charge in [-0.25, -0.2) is 4.98 Å². The summed E-state index contributed by atoms with van der Waals surface area (Å²) in [5.74, 6) is -0.208. The molecule has 19 heavy (non-hydrogen) atoms. The quantitative estimate of drug-likeness (QED) is 0.933. The van der Waals surface area contributed by atoms with Gasteiger partial charge in [0.1, 0.15) is 5.01 Å². The number of hydrogen-bond acceptors (Lipinski definition) is 4. The Morgan fingerprint density at radius 2 is 2.26 bits per heavy atom. The fourth-order valence-electron chi connectivity index (χ4n) is 2.66. The van der Waals surface area contributed by atoms with Crippen LogP contribution in [0.2, 0.25) is 0 Å². The van der Waals surface area contributed by atoms with Gasteiger partial charge in [0.25, 0.3) is 0 Å². The molecule has 2 heterocycles. The zero-order chi connectivity index (χ0) is 13.2. The van der Waals surface area contributed by atoms with Crippen LogP contribution in [-0.4, -0.2) is 28.4 Å². The predicted octanol–water partition coefficient (Wildman–Crippen LogP) is 2.14. The highest BCUT2D eigenvalue weighted by atomic mass is 32.1. The van der Waals surface area contributed by atoms with E-state index in [4.69, 9.17) is 5.73 Å². The molecule has 1 unspecified atom stereocenters. The Hall–Kier alpha value is -1.46. The summed E-state index contributed by atoms with van der Waals surface area (Å²) in [6.45, 7) is 1.66. The largest absolute Gasteiger partial charge is 0.368 e. The van der Waals surface area contributed by atoms with E-state index >= 15 is 0 Å². The summed E-state index contributed by atoms with van der Waals surface area (Å²) in [4.78, 5) is 18.3. The van der Waals surface area contributed by atoms with Crippen molar-refractivity contribution in [1.82, 2.24) is 9.88 Å². The molecule has 1 amide bonds. The molecule has 1 aromatic heterocycles. The van der Waals surface area contributed by atoms with Crippen LogP contribution in [-0.2, 0) is 11.3 Å². The molecule has 2 aromatic rings. The normalized spacial score (nSPS) is 20.7. The molecule has 1 aliphatic rings. The number of carbonyl (C=O) groups excluding carboxylic acids is 1. The number of para-hydroxylation sites is 1. The molecule has 1 atom stereocenters. The van der Waals surface area contributed by atoms with Crippen molar-refractivity contribution in [1.29, 1.82) is 0 Å². The van der Waals surface area contributed by atoms with Gasteiger partial charge in [-0.3, -0.25) is 9.69 Å². The third-order valence-electron chi connectivity index (χ3n) is 3.62. The summed E-state index contributed by atoms with van der Waals surface area (Å²) in [7, 11) is 0. The molecule has 2 N–H and O–H groups in total. The smallest absolute Gasteiger partial charge is 0.234 e. The number of amides is 1. The van der Waals surface area contributed by atoms with Crippen molar-refractivity contribution in [2.24, 2.45) is 5.73 Å². The highest BCUT2D eigenvalue weighted by Gasteiger charge is 2.27. The van der Waals surface area contributed by atoms with Crippen LogP contribution in [0.5, 0.6) is 0 Å². The Balaban J connectivity index is 1.80. The van der Waals surface area contributed by atoms with Crippen LogP contribution >= 0.6 is 11.3 Å². The molecular weight excluding hydrogens is 258 g/mol. The number of likely N-dealkylation sites (tertiary alicyclic amines) is 1. The summed E-state index contributed by atoms with van der Waals surface area (Å²) >= 11 is 1.70. The van der Waals surface area contributed by atoms with Crippen molar-refractivity contribution in [3.63, 3.8) is 0 Å². The second-order valence-corrected chi connectivity index (χ2v) is 6.07. The fourth-order valence-corrected chi connectivity index (χ4v) is 3.66. The third-order valence-corrected chi connectivity index (χ3v) is 4.64. The minimum Gasteiger partial charge on any atom is -0.368 e. The molecular formula is C14H17N3OS. The predicted molar refractivity (Wildman–Crippen MR) is 76.9 cm³/mol. The number of hydrogen-bond donors (Lipinski definition) is 1. The average Bonchev–Trinajstić information content (AvgIpc) is 2.81. The zero-order valence-corrected chi connectivity index (χ0v) is 11.5. The van der Waals surface area contributed by atoms with Crippen LogP contribution in [0.15, 0.2) is 24.3 Å². The Morgan fingerprint density at radius 1 is 1.42 bits per heavy atom. The second-order valence-electron chi connectivity index (χ2n) is 4.96. The number of primary amides is 1. The van der Waals surface area contributed by atoms with E-state index in [0.717, 1.165) is 42.9 Å². The van der Waals surface area contributed by atoms with E-state index in [1.165, 1.54) is 4.70 Å². The first kappa shape index (κ1) is 12.6. The van der Waals surface area contributed by atoms with E-state index in [-0.39, 0.29) is 11.9 Å². The number of fused-ring (bicyclic) bond motifs is 1. The number of piperidine rings is 1. The van der Waals surface area contributed by atoms with Crippen LogP contribution in [0.1, 0.15) is 24.3 Å². The monoisotopic (exact) mass is 275 g/mol. The molecule has 0 bridgehead atoms. The molecule has 5 heteroatoms. The SMILES string of the molecule is NC(=O)C1CCCCN1Cc1nc2ccccc2s1. The van der Waals surface area contributed by atoms with Gasteiger partial charge in [-0.15, -0.1) is 11.3 Å². The maximum atomic E-state index is 11.5. The Kier molecular flexibility index (Phi) is 3.48. The van der Waals surface area contributed by atoms with Gasteiger partial charge < -0.3 is 5.73 Å². The summed E-state index contributed by atoms with van der Waals surface area (Å²) in [6, 6.07) is 8.01. The topological polar surface area (TPSA) is 59.2 Å². The summed E-state index contributed by atoms with van der Waals surface area (Å²) in [6.07, 6.45) is 3.10. The van der Waals surface area contributed by atoms with Gasteiger partial charge in [-0.1, -0.05) is 18.6 Å². The van der Waals surface area contributed by atoms with Gasteiger partial charge >= 0.3 is 0 Å². The highest BCUT2D eigenvalue weighted by molar-refractivity contribution is 7.18. The molecule has 1 aromatic carbocycles. The van der Waals surface area contributed by atoms with Crippen molar-refractivity contribution in [3.05, 3.63) is 29.3 Å². The van der Waals surface area contributed by atoms with Crippen molar-refractivity contribution in [3.8, 4) is 0 Å². The van der Waals surface area contributed by atoms with Gasteiger partial charge in [-0.05, 0) is 31.5 Å². The van der Waals surface area contributed by atoms with Crippen LogP contribution in [0, 0.1) is 0 Å². The summed E-state index contributed by atoms with van der Waals surface area (Å²) in [5.41, 5.74) is 6.53. The van der Waals surface area contributed by atoms with Crippen LogP contribution < -0.4 is 5.73 Å². The molecule has 0 aliphatic carbocycles.